The predicted octanol–water partition coefficient (Wildman–Crippen LogP) is 6.09. The van der Waals surface area contributed by atoms with Crippen LogP contribution in [0.1, 0.15) is 35.3 Å². The molecule has 26 heavy (non-hydrogen) atoms. The Morgan fingerprint density at radius 2 is 1.96 bits per heavy atom. The quantitative estimate of drug-likeness (QED) is 0.510. The summed E-state index contributed by atoms with van der Waals surface area (Å²) in [4.78, 5) is 4.93. The van der Waals surface area contributed by atoms with Crippen molar-refractivity contribution in [3.8, 4) is 5.75 Å². The minimum absolute atomic E-state index is 0.0743. The average Bonchev–Trinajstić information content (AvgIpc) is 3.19. The van der Waals surface area contributed by atoms with Gasteiger partial charge in [0.1, 0.15) is 11.9 Å². The number of nitrogens with zero attached hydrogens (tertiary/aromatic N) is 1. The van der Waals surface area contributed by atoms with Crippen molar-refractivity contribution in [1.82, 2.24) is 5.32 Å². The first kappa shape index (κ1) is 17.7. The Morgan fingerprint density at radius 1 is 1.15 bits per heavy atom. The lowest BCUT2D eigenvalue weighted by molar-refractivity contribution is 0.413. The SMILES string of the molecule is Oc1ccc(Cl)cc1[C@@H]1CC(c2ccc(Br)cc2)=N[C@@H](c2ccsc2)N1. The Morgan fingerprint density at radius 3 is 2.69 bits per heavy atom. The van der Waals surface area contributed by atoms with Crippen LogP contribution in [-0.4, -0.2) is 10.8 Å². The lowest BCUT2D eigenvalue weighted by atomic mass is 9.94. The molecule has 0 aliphatic carbocycles. The maximum absolute atomic E-state index is 10.4. The molecule has 2 atom stereocenters. The number of benzene rings is 2. The highest BCUT2D eigenvalue weighted by molar-refractivity contribution is 9.10. The van der Waals surface area contributed by atoms with Gasteiger partial charge in [-0.05, 0) is 52.7 Å². The first-order valence-electron chi connectivity index (χ1n) is 8.19. The van der Waals surface area contributed by atoms with Crippen molar-refractivity contribution in [2.45, 2.75) is 18.6 Å². The minimum Gasteiger partial charge on any atom is -0.508 e. The molecule has 3 nitrogen and oxygen atoms in total. The Balaban J connectivity index is 1.75. The molecule has 0 spiro atoms. The van der Waals surface area contributed by atoms with Crippen molar-refractivity contribution in [1.29, 1.82) is 0 Å². The van der Waals surface area contributed by atoms with Crippen LogP contribution < -0.4 is 5.32 Å². The van der Waals surface area contributed by atoms with Crippen LogP contribution >= 0.6 is 38.9 Å². The van der Waals surface area contributed by atoms with Gasteiger partial charge in [-0.25, -0.2) is 0 Å². The van der Waals surface area contributed by atoms with Crippen molar-refractivity contribution < 1.29 is 5.11 Å². The van der Waals surface area contributed by atoms with Gasteiger partial charge in [0, 0.05) is 38.8 Å². The highest BCUT2D eigenvalue weighted by Crippen LogP contribution is 2.36. The van der Waals surface area contributed by atoms with Gasteiger partial charge in [0.25, 0.3) is 0 Å². The molecule has 2 aromatic carbocycles. The zero-order valence-electron chi connectivity index (χ0n) is 13.7. The van der Waals surface area contributed by atoms with E-state index in [0.29, 0.717) is 11.4 Å². The zero-order valence-corrected chi connectivity index (χ0v) is 16.9. The summed E-state index contributed by atoms with van der Waals surface area (Å²) in [5, 5.41) is 18.7. The molecule has 132 valence electrons. The number of rotatable bonds is 3. The summed E-state index contributed by atoms with van der Waals surface area (Å²) in [6, 6.07) is 15.3. The molecule has 0 saturated carbocycles. The number of phenolic OH excluding ortho intramolecular Hbond substituents is 1. The van der Waals surface area contributed by atoms with Crippen LogP contribution in [0.25, 0.3) is 0 Å². The molecule has 0 saturated heterocycles. The summed E-state index contributed by atoms with van der Waals surface area (Å²) < 4.78 is 1.04. The molecule has 2 heterocycles. The third-order valence-corrected chi connectivity index (χ3v) is 5.91. The molecule has 1 aliphatic heterocycles. The van der Waals surface area contributed by atoms with Crippen molar-refractivity contribution in [2.24, 2.45) is 4.99 Å². The van der Waals surface area contributed by atoms with Gasteiger partial charge < -0.3 is 5.11 Å². The predicted molar refractivity (Wildman–Crippen MR) is 111 cm³/mol. The fourth-order valence-electron chi connectivity index (χ4n) is 3.13. The number of phenols is 1. The second-order valence-corrected chi connectivity index (χ2v) is 8.30. The Hall–Kier alpha value is -1.66. The first-order chi connectivity index (χ1) is 12.6. The lowest BCUT2D eigenvalue weighted by Gasteiger charge is -2.30. The molecule has 0 unspecified atom stereocenters. The van der Waals surface area contributed by atoms with E-state index in [1.54, 1.807) is 23.5 Å². The molecule has 4 rings (SSSR count). The second kappa shape index (κ2) is 7.53. The van der Waals surface area contributed by atoms with E-state index >= 15 is 0 Å². The first-order valence-corrected chi connectivity index (χ1v) is 10.3. The van der Waals surface area contributed by atoms with Crippen molar-refractivity contribution in [2.75, 3.05) is 0 Å². The van der Waals surface area contributed by atoms with Crippen molar-refractivity contribution in [3.63, 3.8) is 0 Å². The van der Waals surface area contributed by atoms with Crippen molar-refractivity contribution in [3.05, 3.63) is 85.5 Å². The van der Waals surface area contributed by atoms with Gasteiger partial charge in [-0.15, -0.1) is 0 Å². The van der Waals surface area contributed by atoms with Gasteiger partial charge in [0.15, 0.2) is 0 Å². The standard InChI is InChI=1S/C20H16BrClN2OS/c21-14-3-1-12(2-4-14)17-10-18(16-9-15(22)5-6-19(16)25)24-20(23-17)13-7-8-26-11-13/h1-9,11,18,20,24-25H,10H2/t18-,20+/m0/s1. The molecule has 0 radical (unpaired) electrons. The minimum atomic E-state index is -0.156. The van der Waals surface area contributed by atoms with Crippen LogP contribution in [0.3, 0.4) is 0 Å². The Labute approximate surface area is 169 Å². The van der Waals surface area contributed by atoms with Gasteiger partial charge >= 0.3 is 0 Å². The van der Waals surface area contributed by atoms with Gasteiger partial charge in [-0.3, -0.25) is 10.3 Å². The normalized spacial score (nSPS) is 20.0. The van der Waals surface area contributed by atoms with Gasteiger partial charge in [-0.1, -0.05) is 39.7 Å². The number of aromatic hydroxyl groups is 1. The molecule has 6 heteroatoms. The van der Waals surface area contributed by atoms with Crippen molar-refractivity contribution >= 4 is 44.6 Å². The second-order valence-electron chi connectivity index (χ2n) is 6.17. The van der Waals surface area contributed by atoms with Gasteiger partial charge in [-0.2, -0.15) is 11.3 Å². The van der Waals surface area contributed by atoms with E-state index in [0.717, 1.165) is 26.9 Å². The van der Waals surface area contributed by atoms with Gasteiger partial charge in [0.05, 0.1) is 0 Å². The van der Waals surface area contributed by atoms with E-state index in [4.69, 9.17) is 16.6 Å². The Bertz CT molecular complexity index is 941. The van der Waals surface area contributed by atoms with Gasteiger partial charge in [0.2, 0.25) is 0 Å². The highest BCUT2D eigenvalue weighted by atomic mass is 79.9. The average molecular weight is 448 g/mol. The number of aliphatic imine (C=N–C) groups is 1. The molecule has 0 bridgehead atoms. The summed E-state index contributed by atoms with van der Waals surface area (Å²) in [5.41, 5.74) is 4.01. The van der Waals surface area contributed by atoms with E-state index in [1.165, 1.54) is 0 Å². The lowest BCUT2D eigenvalue weighted by Crippen LogP contribution is -2.32. The molecular weight excluding hydrogens is 432 g/mol. The number of halogens is 2. The summed E-state index contributed by atoms with van der Waals surface area (Å²) in [6.45, 7) is 0. The molecule has 1 aromatic heterocycles. The number of thiophene rings is 1. The summed E-state index contributed by atoms with van der Waals surface area (Å²) >= 11 is 11.3. The van der Waals surface area contributed by atoms with E-state index in [1.807, 2.05) is 23.6 Å². The number of hydrogen-bond acceptors (Lipinski definition) is 4. The van der Waals surface area contributed by atoms with Crippen LogP contribution in [0.4, 0.5) is 0 Å². The molecule has 1 aliphatic rings. The smallest absolute Gasteiger partial charge is 0.127 e. The third-order valence-electron chi connectivity index (χ3n) is 4.44. The fraction of sp³-hybridized carbons (Fsp3) is 0.150. The van der Waals surface area contributed by atoms with E-state index in [9.17, 15) is 5.11 Å². The maximum atomic E-state index is 10.4. The van der Waals surface area contributed by atoms with Crippen LogP contribution in [0, 0.1) is 0 Å². The van der Waals surface area contributed by atoms with E-state index in [-0.39, 0.29) is 18.0 Å². The molecule has 3 aromatic rings. The van der Waals surface area contributed by atoms with Crippen LogP contribution in [-0.2, 0) is 0 Å². The largest absolute Gasteiger partial charge is 0.508 e. The molecule has 0 amide bonds. The highest BCUT2D eigenvalue weighted by Gasteiger charge is 2.28. The van der Waals surface area contributed by atoms with Crippen LogP contribution in [0.5, 0.6) is 5.75 Å². The summed E-state index contributed by atoms with van der Waals surface area (Å²) in [7, 11) is 0. The molecule has 0 fully saturated rings. The topological polar surface area (TPSA) is 44.6 Å². The molecular formula is C20H16BrClN2OS. The number of nitrogens with one attached hydrogen (secondary N) is 1. The zero-order chi connectivity index (χ0) is 18.1. The maximum Gasteiger partial charge on any atom is 0.127 e. The third kappa shape index (κ3) is 3.71. The van der Waals surface area contributed by atoms with E-state index in [2.05, 4.69) is 44.8 Å². The van der Waals surface area contributed by atoms with Crippen LogP contribution in [0.15, 0.2) is 68.8 Å². The number of hydrogen-bond donors (Lipinski definition) is 2. The monoisotopic (exact) mass is 446 g/mol. The summed E-state index contributed by atoms with van der Waals surface area (Å²) in [5.74, 6) is 0.244. The Kier molecular flexibility index (Phi) is 5.14. The molecule has 2 N–H and O–H groups in total. The fourth-order valence-corrected chi connectivity index (χ4v) is 4.25. The van der Waals surface area contributed by atoms with E-state index < -0.39 is 0 Å². The van der Waals surface area contributed by atoms with Crippen LogP contribution in [0.2, 0.25) is 5.02 Å². The summed E-state index contributed by atoms with van der Waals surface area (Å²) in [6.07, 6.45) is 0.521.